The van der Waals surface area contributed by atoms with E-state index in [2.05, 4.69) is 26.0 Å². The second-order valence-corrected chi connectivity index (χ2v) is 5.52. The van der Waals surface area contributed by atoms with E-state index >= 15 is 0 Å². The highest BCUT2D eigenvalue weighted by atomic mass is 16.2. The fraction of sp³-hybridized carbons (Fsp3) is 0.353. The number of aromatic nitrogens is 4. The lowest BCUT2D eigenvalue weighted by Gasteiger charge is -2.07. The first-order valence-electron chi connectivity index (χ1n) is 7.91. The molecule has 1 aromatic carbocycles. The third-order valence-electron chi connectivity index (χ3n) is 3.82. The topological polar surface area (TPSA) is 64.7 Å². The first-order chi connectivity index (χ1) is 11.2. The van der Waals surface area contributed by atoms with Gasteiger partial charge < -0.3 is 9.88 Å². The van der Waals surface area contributed by atoms with Crippen LogP contribution in [0.4, 0.5) is 0 Å². The Morgan fingerprint density at radius 3 is 2.96 bits per heavy atom. The van der Waals surface area contributed by atoms with Crippen molar-refractivity contribution in [1.29, 1.82) is 0 Å². The van der Waals surface area contributed by atoms with Crippen LogP contribution < -0.4 is 5.32 Å². The normalized spacial score (nSPS) is 11.0. The van der Waals surface area contributed by atoms with Gasteiger partial charge in [0.25, 0.3) is 5.91 Å². The standard InChI is InChI=1S/C17H21N5O/c1-3-22-16(11-13(2)20-22)17(23)18-9-6-10-21-12-19-14-7-4-5-8-15(14)21/h4-5,7-8,11-12H,3,6,9-10H2,1-2H3,(H,18,23). The number of fused-ring (bicyclic) bond motifs is 1. The maximum absolute atomic E-state index is 12.2. The lowest BCUT2D eigenvalue weighted by Crippen LogP contribution is -2.27. The molecule has 0 saturated carbocycles. The molecule has 0 saturated heterocycles. The van der Waals surface area contributed by atoms with E-state index in [0.717, 1.165) is 29.7 Å². The molecule has 2 heterocycles. The van der Waals surface area contributed by atoms with Crippen LogP contribution in [-0.2, 0) is 13.1 Å². The smallest absolute Gasteiger partial charge is 0.269 e. The average Bonchev–Trinajstić information content (AvgIpc) is 3.15. The minimum Gasteiger partial charge on any atom is -0.351 e. The highest BCUT2D eigenvalue weighted by Gasteiger charge is 2.12. The van der Waals surface area contributed by atoms with Crippen LogP contribution in [0.3, 0.4) is 0 Å². The fourth-order valence-electron chi connectivity index (χ4n) is 2.70. The number of carbonyl (C=O) groups is 1. The van der Waals surface area contributed by atoms with Crippen molar-refractivity contribution in [3.05, 3.63) is 48.0 Å². The summed E-state index contributed by atoms with van der Waals surface area (Å²) in [6.07, 6.45) is 2.70. The molecule has 3 rings (SSSR count). The summed E-state index contributed by atoms with van der Waals surface area (Å²) >= 11 is 0. The van der Waals surface area contributed by atoms with Crippen molar-refractivity contribution in [2.75, 3.05) is 6.54 Å². The zero-order valence-corrected chi connectivity index (χ0v) is 13.5. The number of hydrogen-bond acceptors (Lipinski definition) is 3. The maximum Gasteiger partial charge on any atom is 0.269 e. The fourth-order valence-corrected chi connectivity index (χ4v) is 2.70. The predicted molar refractivity (Wildman–Crippen MR) is 89.3 cm³/mol. The third-order valence-corrected chi connectivity index (χ3v) is 3.82. The van der Waals surface area contributed by atoms with Crippen LogP contribution in [0.5, 0.6) is 0 Å². The lowest BCUT2D eigenvalue weighted by atomic mass is 10.3. The number of aryl methyl sites for hydroxylation is 3. The Morgan fingerprint density at radius 1 is 1.30 bits per heavy atom. The molecule has 0 aliphatic rings. The van der Waals surface area contributed by atoms with Crippen molar-refractivity contribution in [2.45, 2.75) is 33.4 Å². The molecular weight excluding hydrogens is 290 g/mol. The maximum atomic E-state index is 12.2. The van der Waals surface area contributed by atoms with Gasteiger partial charge in [0.2, 0.25) is 0 Å². The van der Waals surface area contributed by atoms with Crippen LogP contribution >= 0.6 is 0 Å². The summed E-state index contributed by atoms with van der Waals surface area (Å²) in [5.74, 6) is -0.0667. The van der Waals surface area contributed by atoms with Crippen molar-refractivity contribution in [2.24, 2.45) is 0 Å². The van der Waals surface area contributed by atoms with Crippen LogP contribution in [0, 0.1) is 6.92 Å². The lowest BCUT2D eigenvalue weighted by molar-refractivity contribution is 0.0942. The molecule has 0 fully saturated rings. The predicted octanol–water partition coefficient (Wildman–Crippen LogP) is 2.38. The molecule has 6 heteroatoms. The molecule has 0 bridgehead atoms. The van der Waals surface area contributed by atoms with E-state index in [4.69, 9.17) is 0 Å². The monoisotopic (exact) mass is 311 g/mol. The van der Waals surface area contributed by atoms with Gasteiger partial charge in [-0.1, -0.05) is 12.1 Å². The number of para-hydroxylation sites is 2. The minimum absolute atomic E-state index is 0.0667. The summed E-state index contributed by atoms with van der Waals surface area (Å²) in [6, 6.07) is 9.88. The van der Waals surface area contributed by atoms with Gasteiger partial charge in [-0.25, -0.2) is 4.98 Å². The first-order valence-corrected chi connectivity index (χ1v) is 7.91. The van der Waals surface area contributed by atoms with Crippen molar-refractivity contribution in [3.63, 3.8) is 0 Å². The molecule has 0 unspecified atom stereocenters. The molecule has 0 aliphatic heterocycles. The zero-order chi connectivity index (χ0) is 16.2. The Bertz CT molecular complexity index is 817. The highest BCUT2D eigenvalue weighted by molar-refractivity contribution is 5.92. The Balaban J connectivity index is 1.54. The molecule has 120 valence electrons. The van der Waals surface area contributed by atoms with Gasteiger partial charge >= 0.3 is 0 Å². The van der Waals surface area contributed by atoms with Gasteiger partial charge in [0, 0.05) is 19.6 Å². The van der Waals surface area contributed by atoms with E-state index in [0.29, 0.717) is 18.8 Å². The van der Waals surface area contributed by atoms with E-state index in [9.17, 15) is 4.79 Å². The zero-order valence-electron chi connectivity index (χ0n) is 13.5. The summed E-state index contributed by atoms with van der Waals surface area (Å²) in [6.45, 7) is 6.02. The summed E-state index contributed by atoms with van der Waals surface area (Å²) in [4.78, 5) is 16.6. The number of benzene rings is 1. The van der Waals surface area contributed by atoms with Crippen LogP contribution in [0.25, 0.3) is 11.0 Å². The van der Waals surface area contributed by atoms with Crippen LogP contribution in [0.15, 0.2) is 36.7 Å². The second-order valence-electron chi connectivity index (χ2n) is 5.52. The summed E-state index contributed by atoms with van der Waals surface area (Å²) in [5, 5.41) is 7.26. The van der Waals surface area contributed by atoms with Crippen molar-refractivity contribution < 1.29 is 4.79 Å². The molecule has 23 heavy (non-hydrogen) atoms. The van der Waals surface area contributed by atoms with Gasteiger partial charge in [-0.05, 0) is 38.5 Å². The first kappa shape index (κ1) is 15.3. The van der Waals surface area contributed by atoms with E-state index in [1.54, 1.807) is 4.68 Å². The molecular formula is C17H21N5O. The molecule has 2 aromatic heterocycles. The van der Waals surface area contributed by atoms with Crippen molar-refractivity contribution >= 4 is 16.9 Å². The minimum atomic E-state index is -0.0667. The molecule has 6 nitrogen and oxygen atoms in total. The van der Waals surface area contributed by atoms with E-state index in [-0.39, 0.29) is 5.91 Å². The highest BCUT2D eigenvalue weighted by Crippen LogP contribution is 2.12. The number of rotatable bonds is 6. The van der Waals surface area contributed by atoms with Crippen LogP contribution in [0.2, 0.25) is 0 Å². The molecule has 0 radical (unpaired) electrons. The molecule has 0 atom stereocenters. The van der Waals surface area contributed by atoms with Crippen molar-refractivity contribution in [1.82, 2.24) is 24.6 Å². The number of hydrogen-bond donors (Lipinski definition) is 1. The van der Waals surface area contributed by atoms with Gasteiger partial charge in [-0.3, -0.25) is 9.48 Å². The molecule has 1 N–H and O–H groups in total. The van der Waals surface area contributed by atoms with Gasteiger partial charge in [0.1, 0.15) is 5.69 Å². The molecule has 3 aromatic rings. The summed E-state index contributed by atoms with van der Waals surface area (Å²) in [5.41, 5.74) is 3.61. The average molecular weight is 311 g/mol. The quantitative estimate of drug-likeness (QED) is 0.711. The van der Waals surface area contributed by atoms with Gasteiger partial charge in [-0.15, -0.1) is 0 Å². The molecule has 0 aliphatic carbocycles. The Hall–Kier alpha value is -2.63. The number of nitrogens with one attached hydrogen (secondary N) is 1. The van der Waals surface area contributed by atoms with E-state index < -0.39 is 0 Å². The third kappa shape index (κ3) is 3.26. The number of nitrogens with zero attached hydrogens (tertiary/aromatic N) is 4. The Kier molecular flexibility index (Phi) is 4.41. The number of amides is 1. The molecule has 0 spiro atoms. The van der Waals surface area contributed by atoms with E-state index in [1.165, 1.54) is 0 Å². The largest absolute Gasteiger partial charge is 0.351 e. The van der Waals surface area contributed by atoms with Crippen LogP contribution in [0.1, 0.15) is 29.5 Å². The molecule has 1 amide bonds. The number of imidazole rings is 1. The number of carbonyl (C=O) groups excluding carboxylic acids is 1. The van der Waals surface area contributed by atoms with Crippen LogP contribution in [-0.4, -0.2) is 31.8 Å². The van der Waals surface area contributed by atoms with E-state index in [1.807, 2.05) is 44.4 Å². The Labute approximate surface area is 135 Å². The summed E-state index contributed by atoms with van der Waals surface area (Å²) in [7, 11) is 0. The second kappa shape index (κ2) is 6.64. The van der Waals surface area contributed by atoms with Crippen molar-refractivity contribution in [3.8, 4) is 0 Å². The van der Waals surface area contributed by atoms with Gasteiger partial charge in [0.15, 0.2) is 0 Å². The summed E-state index contributed by atoms with van der Waals surface area (Å²) < 4.78 is 3.84. The SMILES string of the molecule is CCn1nc(C)cc1C(=O)NCCCn1cnc2ccccc21. The Morgan fingerprint density at radius 2 is 2.13 bits per heavy atom. The van der Waals surface area contributed by atoms with Gasteiger partial charge in [0.05, 0.1) is 23.1 Å². The van der Waals surface area contributed by atoms with Gasteiger partial charge in [-0.2, -0.15) is 5.10 Å².